The van der Waals surface area contributed by atoms with Crippen LogP contribution in [0.5, 0.6) is 5.75 Å². The predicted molar refractivity (Wildman–Crippen MR) is 157 cm³/mol. The molecule has 0 bridgehead atoms. The highest BCUT2D eigenvalue weighted by molar-refractivity contribution is 6.37. The number of hydrogen-bond acceptors (Lipinski definition) is 6. The van der Waals surface area contributed by atoms with E-state index in [1.165, 1.54) is 18.2 Å². The monoisotopic (exact) mass is 541 g/mol. The molecule has 1 aliphatic rings. The van der Waals surface area contributed by atoms with Gasteiger partial charge in [0.05, 0.1) is 29.0 Å². The van der Waals surface area contributed by atoms with E-state index in [4.69, 9.17) is 14.9 Å². The van der Waals surface area contributed by atoms with Crippen LogP contribution in [0.3, 0.4) is 0 Å². The normalized spacial score (nSPS) is 13.9. The van der Waals surface area contributed by atoms with Gasteiger partial charge in [0.25, 0.3) is 5.91 Å². The Morgan fingerprint density at radius 1 is 0.829 bits per heavy atom. The van der Waals surface area contributed by atoms with Crippen LogP contribution in [0, 0.1) is 10.1 Å². The summed E-state index contributed by atoms with van der Waals surface area (Å²) in [6.07, 6.45) is 3.55. The van der Waals surface area contributed by atoms with Gasteiger partial charge in [-0.3, -0.25) is 14.9 Å². The zero-order valence-corrected chi connectivity index (χ0v) is 21.9. The maximum absolute atomic E-state index is 13.9. The summed E-state index contributed by atoms with van der Waals surface area (Å²) in [6, 6.07) is 32.9. The molecule has 0 spiro atoms. The summed E-state index contributed by atoms with van der Waals surface area (Å²) in [5.74, 6) is -0.154. The van der Waals surface area contributed by atoms with Gasteiger partial charge in [-0.25, -0.2) is 4.68 Å². The number of nitro benzene ring substituents is 1. The fraction of sp³-hybridized carbons (Fsp3) is 0.0312. The molecule has 0 N–H and O–H groups in total. The van der Waals surface area contributed by atoms with Crippen molar-refractivity contribution in [3.63, 3.8) is 0 Å². The highest BCUT2D eigenvalue weighted by atomic mass is 16.6. The third-order valence-electron chi connectivity index (χ3n) is 6.64. The van der Waals surface area contributed by atoms with E-state index in [1.807, 2.05) is 91.0 Å². The van der Waals surface area contributed by atoms with Crippen molar-refractivity contribution in [1.82, 2.24) is 9.78 Å². The predicted octanol–water partition coefficient (Wildman–Crippen LogP) is 6.29. The van der Waals surface area contributed by atoms with Gasteiger partial charge in [0.15, 0.2) is 5.75 Å². The summed E-state index contributed by atoms with van der Waals surface area (Å²) < 4.78 is 6.88. The van der Waals surface area contributed by atoms with E-state index < -0.39 is 4.92 Å². The van der Waals surface area contributed by atoms with Gasteiger partial charge >= 0.3 is 5.69 Å². The Hall–Kier alpha value is -5.83. The van der Waals surface area contributed by atoms with Crippen molar-refractivity contribution in [1.29, 1.82) is 0 Å². The van der Waals surface area contributed by atoms with Crippen molar-refractivity contribution >= 4 is 29.1 Å². The number of amides is 1. The topological polar surface area (TPSA) is 103 Å². The lowest BCUT2D eigenvalue weighted by Crippen LogP contribution is -2.21. The molecule has 9 heteroatoms. The number of nitrogens with zero attached hydrogens (tertiary/aromatic N) is 5. The van der Waals surface area contributed by atoms with Crippen molar-refractivity contribution in [3.8, 4) is 22.7 Å². The number of hydrazone groups is 1. The number of anilines is 1. The molecule has 0 saturated heterocycles. The average Bonchev–Trinajstić information content (AvgIpc) is 3.59. The Morgan fingerprint density at radius 2 is 1.46 bits per heavy atom. The molecule has 9 nitrogen and oxygen atoms in total. The molecule has 4 aromatic carbocycles. The zero-order chi connectivity index (χ0) is 28.3. The smallest absolute Gasteiger partial charge is 0.311 e. The molecular weight excluding hydrogens is 518 g/mol. The number of methoxy groups -OCH3 is 1. The van der Waals surface area contributed by atoms with Gasteiger partial charge in [-0.15, -0.1) is 0 Å². The number of rotatable bonds is 7. The molecule has 41 heavy (non-hydrogen) atoms. The number of nitro groups is 1. The minimum Gasteiger partial charge on any atom is -0.490 e. The minimum atomic E-state index is -0.493. The van der Waals surface area contributed by atoms with Crippen LogP contribution in [-0.2, 0) is 4.79 Å². The molecule has 6 rings (SSSR count). The van der Waals surface area contributed by atoms with Crippen LogP contribution in [0.15, 0.2) is 126 Å². The van der Waals surface area contributed by atoms with Crippen LogP contribution in [0.4, 0.5) is 11.4 Å². The van der Waals surface area contributed by atoms with E-state index in [-0.39, 0.29) is 17.3 Å². The molecule has 1 aliphatic heterocycles. The molecule has 2 heterocycles. The van der Waals surface area contributed by atoms with Gasteiger partial charge in [0, 0.05) is 29.0 Å². The third-order valence-corrected chi connectivity index (χ3v) is 6.64. The quantitative estimate of drug-likeness (QED) is 0.137. The lowest BCUT2D eigenvalue weighted by atomic mass is 9.99. The molecule has 1 amide bonds. The minimum absolute atomic E-state index is 0.143. The number of aromatic nitrogens is 2. The van der Waals surface area contributed by atoms with E-state index in [0.717, 1.165) is 11.3 Å². The Bertz CT molecular complexity index is 1810. The van der Waals surface area contributed by atoms with Gasteiger partial charge in [-0.2, -0.15) is 15.2 Å². The van der Waals surface area contributed by atoms with Crippen molar-refractivity contribution in [2.75, 3.05) is 12.1 Å². The second-order valence-corrected chi connectivity index (χ2v) is 9.18. The van der Waals surface area contributed by atoms with Gasteiger partial charge in [0.2, 0.25) is 0 Å². The first-order valence-electron chi connectivity index (χ1n) is 12.8. The van der Waals surface area contributed by atoms with E-state index in [1.54, 1.807) is 29.1 Å². The number of hydrogen-bond donors (Lipinski definition) is 0. The second-order valence-electron chi connectivity index (χ2n) is 9.18. The first-order valence-corrected chi connectivity index (χ1v) is 12.8. The molecule has 1 aromatic heterocycles. The lowest BCUT2D eigenvalue weighted by molar-refractivity contribution is -0.385. The highest BCUT2D eigenvalue weighted by Gasteiger charge is 2.32. The summed E-state index contributed by atoms with van der Waals surface area (Å²) >= 11 is 0. The summed E-state index contributed by atoms with van der Waals surface area (Å²) in [5.41, 5.74) is 4.47. The number of carbonyl (C=O) groups is 1. The van der Waals surface area contributed by atoms with Crippen LogP contribution in [0.1, 0.15) is 11.1 Å². The number of para-hydroxylation sites is 2. The maximum Gasteiger partial charge on any atom is 0.311 e. The first kappa shape index (κ1) is 25.4. The van der Waals surface area contributed by atoms with Crippen molar-refractivity contribution in [2.24, 2.45) is 5.10 Å². The number of ether oxygens (including phenoxy) is 1. The standard InChI is InChI=1S/C32H23N5O4/c1-41-29-18-17-23(20-28(29)37(39)40)30-24(21-35(33-30)25-13-7-3-8-14-25)19-27-31(22-11-5-2-6-12-22)34-36(32(27)38)26-15-9-4-10-16-26/h2-21H,1H3/b27-19-. The molecule has 0 saturated carbocycles. The summed E-state index contributed by atoms with van der Waals surface area (Å²) in [6.45, 7) is 0. The van der Waals surface area contributed by atoms with Gasteiger partial charge in [-0.05, 0) is 42.5 Å². The van der Waals surface area contributed by atoms with Gasteiger partial charge < -0.3 is 4.74 Å². The molecule has 200 valence electrons. The van der Waals surface area contributed by atoms with Gasteiger partial charge in [-0.1, -0.05) is 66.7 Å². The largest absolute Gasteiger partial charge is 0.490 e. The summed E-state index contributed by atoms with van der Waals surface area (Å²) in [4.78, 5) is 25.2. The third kappa shape index (κ3) is 4.87. The van der Waals surface area contributed by atoms with Crippen molar-refractivity contribution in [3.05, 3.63) is 142 Å². The Kier molecular flexibility index (Phi) is 6.67. The highest BCUT2D eigenvalue weighted by Crippen LogP contribution is 2.35. The lowest BCUT2D eigenvalue weighted by Gasteiger charge is -2.10. The van der Waals surface area contributed by atoms with Crippen LogP contribution in [0.25, 0.3) is 23.0 Å². The summed E-state index contributed by atoms with van der Waals surface area (Å²) in [7, 11) is 1.39. The van der Waals surface area contributed by atoms with Crippen LogP contribution in [-0.4, -0.2) is 33.4 Å². The Morgan fingerprint density at radius 3 is 2.10 bits per heavy atom. The SMILES string of the molecule is COc1ccc(-c2nn(-c3ccccc3)cc2/C=C2\C(=O)N(c3ccccc3)N=C2c2ccccc2)cc1[N+](=O)[O-]. The molecule has 0 fully saturated rings. The molecular formula is C32H23N5O4. The van der Waals surface area contributed by atoms with E-state index in [9.17, 15) is 14.9 Å². The van der Waals surface area contributed by atoms with E-state index >= 15 is 0 Å². The fourth-order valence-corrected chi connectivity index (χ4v) is 4.66. The van der Waals surface area contributed by atoms with Crippen LogP contribution in [0.2, 0.25) is 0 Å². The Balaban J connectivity index is 1.54. The van der Waals surface area contributed by atoms with E-state index in [2.05, 4.69) is 0 Å². The van der Waals surface area contributed by atoms with Crippen LogP contribution < -0.4 is 9.75 Å². The average molecular weight is 542 g/mol. The van der Waals surface area contributed by atoms with Crippen LogP contribution >= 0.6 is 0 Å². The molecule has 0 unspecified atom stereocenters. The van der Waals surface area contributed by atoms with Gasteiger partial charge in [0.1, 0.15) is 11.4 Å². The molecule has 5 aromatic rings. The number of carbonyl (C=O) groups excluding carboxylic acids is 1. The number of benzene rings is 4. The van der Waals surface area contributed by atoms with E-state index in [0.29, 0.717) is 33.8 Å². The molecule has 0 atom stereocenters. The fourth-order valence-electron chi connectivity index (χ4n) is 4.66. The molecule has 0 radical (unpaired) electrons. The first-order chi connectivity index (χ1) is 20.0. The molecule has 0 aliphatic carbocycles. The van der Waals surface area contributed by atoms with Crippen molar-refractivity contribution in [2.45, 2.75) is 0 Å². The second kappa shape index (κ2) is 10.7. The maximum atomic E-state index is 13.9. The summed E-state index contributed by atoms with van der Waals surface area (Å²) in [5, 5.41) is 22.7. The van der Waals surface area contributed by atoms with Crippen molar-refractivity contribution < 1.29 is 14.5 Å². The Labute approximate surface area is 235 Å². The zero-order valence-electron chi connectivity index (χ0n) is 21.9.